The highest BCUT2D eigenvalue weighted by Crippen LogP contribution is 2.26. The van der Waals surface area contributed by atoms with Gasteiger partial charge < -0.3 is 9.88 Å². The molecule has 0 unspecified atom stereocenters. The lowest BCUT2D eigenvalue weighted by Crippen LogP contribution is -2.52. The van der Waals surface area contributed by atoms with Crippen molar-refractivity contribution in [1.82, 2.24) is 14.4 Å². The molecule has 32 heavy (non-hydrogen) atoms. The molecule has 2 heterocycles. The Bertz CT molecular complexity index is 1260. The van der Waals surface area contributed by atoms with Crippen LogP contribution in [0.15, 0.2) is 60.3 Å². The van der Waals surface area contributed by atoms with E-state index in [0.29, 0.717) is 5.56 Å². The molecule has 7 nitrogen and oxygen atoms in total. The van der Waals surface area contributed by atoms with Gasteiger partial charge in [-0.05, 0) is 43.4 Å². The van der Waals surface area contributed by atoms with Crippen molar-refractivity contribution < 1.29 is 14.4 Å². The Labute approximate surface area is 190 Å². The van der Waals surface area contributed by atoms with Gasteiger partial charge in [-0.25, -0.2) is 0 Å². The fraction of sp³-hybridized carbons (Fsp3) is 0.167. The predicted octanol–water partition coefficient (Wildman–Crippen LogP) is 3.19. The number of thiocarbonyl (C=S) groups is 1. The molecule has 0 atom stereocenters. The molecule has 1 N–H and O–H groups in total. The van der Waals surface area contributed by atoms with Crippen LogP contribution in [0.4, 0.5) is 5.69 Å². The Morgan fingerprint density at radius 3 is 2.28 bits per heavy atom. The highest BCUT2D eigenvalue weighted by atomic mass is 32.1. The monoisotopic (exact) mass is 446 g/mol. The first-order valence-corrected chi connectivity index (χ1v) is 10.4. The maximum Gasteiger partial charge on any atom is 0.265 e. The van der Waals surface area contributed by atoms with E-state index >= 15 is 0 Å². The van der Waals surface area contributed by atoms with Gasteiger partial charge in [0.25, 0.3) is 11.8 Å². The fourth-order valence-electron chi connectivity index (χ4n) is 3.64. The van der Waals surface area contributed by atoms with Crippen molar-refractivity contribution in [1.29, 1.82) is 0 Å². The molecule has 2 aromatic carbocycles. The molecule has 1 aliphatic heterocycles. The number of carbonyl (C=O) groups excluding carboxylic acids is 3. The second-order valence-corrected chi connectivity index (χ2v) is 8.08. The van der Waals surface area contributed by atoms with Crippen LogP contribution >= 0.6 is 12.2 Å². The first kappa shape index (κ1) is 21.5. The molecule has 4 rings (SSSR count). The highest BCUT2D eigenvalue weighted by Gasteiger charge is 2.35. The lowest BCUT2D eigenvalue weighted by Gasteiger charge is -2.31. The van der Waals surface area contributed by atoms with Crippen molar-refractivity contribution in [2.24, 2.45) is 0 Å². The minimum atomic E-state index is -0.452. The van der Waals surface area contributed by atoms with Gasteiger partial charge in [0.05, 0.1) is 0 Å². The van der Waals surface area contributed by atoms with E-state index in [1.54, 1.807) is 30.9 Å². The molecular weight excluding hydrogens is 424 g/mol. The van der Waals surface area contributed by atoms with Crippen molar-refractivity contribution in [3.8, 4) is 0 Å². The molecule has 1 aromatic heterocycles. The fourth-order valence-corrected chi connectivity index (χ4v) is 3.81. The maximum atomic E-state index is 12.7. The Morgan fingerprint density at radius 1 is 1.00 bits per heavy atom. The number of carbonyl (C=O) groups is 3. The van der Waals surface area contributed by atoms with Gasteiger partial charge in [0, 0.05) is 42.4 Å². The third-order valence-electron chi connectivity index (χ3n) is 5.41. The summed E-state index contributed by atoms with van der Waals surface area (Å²) in [4.78, 5) is 40.6. The average molecular weight is 447 g/mol. The number of likely N-dealkylation sites (N-methyl/N-ethyl adjacent to an activating group) is 2. The van der Waals surface area contributed by atoms with Crippen LogP contribution in [-0.2, 0) is 20.9 Å². The number of rotatable bonds is 4. The molecule has 162 valence electrons. The summed E-state index contributed by atoms with van der Waals surface area (Å²) < 4.78 is 1.81. The predicted molar refractivity (Wildman–Crippen MR) is 128 cm³/mol. The number of hydrogen-bond donors (Lipinski definition) is 1. The first-order valence-electron chi connectivity index (χ1n) is 10.0. The SMILES string of the molecule is Cc1ccc(NC(=O)Cn2cc(C=C3C(=O)N(C)C(=S)N(C)C3=O)c3ccccc32)cc1. The van der Waals surface area contributed by atoms with Gasteiger partial charge in [-0.15, -0.1) is 0 Å². The molecular formula is C24H22N4O3S. The standard InChI is InChI=1S/C24H22N4O3S/c1-15-8-10-17(11-9-15)25-21(29)14-28-13-16(18-6-4-5-7-20(18)28)12-19-22(30)26(2)24(32)27(3)23(19)31/h4-13H,14H2,1-3H3,(H,25,29). The Hall–Kier alpha value is -3.78. The minimum absolute atomic E-state index is 0.0237. The molecule has 0 aliphatic carbocycles. The van der Waals surface area contributed by atoms with E-state index < -0.39 is 11.8 Å². The molecule has 3 aromatic rings. The van der Waals surface area contributed by atoms with E-state index in [2.05, 4.69) is 5.32 Å². The summed E-state index contributed by atoms with van der Waals surface area (Å²) >= 11 is 5.15. The van der Waals surface area contributed by atoms with Crippen LogP contribution in [0.25, 0.3) is 17.0 Å². The van der Waals surface area contributed by atoms with Crippen molar-refractivity contribution >= 4 is 57.7 Å². The van der Waals surface area contributed by atoms with Crippen LogP contribution in [0, 0.1) is 6.92 Å². The van der Waals surface area contributed by atoms with Gasteiger partial charge in [0.2, 0.25) is 5.91 Å². The molecule has 8 heteroatoms. The number of anilines is 1. The molecule has 1 aliphatic rings. The third kappa shape index (κ3) is 3.92. The van der Waals surface area contributed by atoms with Gasteiger partial charge in [0.15, 0.2) is 5.11 Å². The number of hydrogen-bond acceptors (Lipinski definition) is 4. The van der Waals surface area contributed by atoms with Gasteiger partial charge in [-0.3, -0.25) is 24.2 Å². The average Bonchev–Trinajstić information content (AvgIpc) is 3.12. The number of para-hydroxylation sites is 1. The van der Waals surface area contributed by atoms with Gasteiger partial charge in [0.1, 0.15) is 12.1 Å². The smallest absolute Gasteiger partial charge is 0.265 e. The molecule has 1 saturated heterocycles. The van der Waals surface area contributed by atoms with E-state index in [-0.39, 0.29) is 23.1 Å². The normalized spacial score (nSPS) is 14.3. The highest BCUT2D eigenvalue weighted by molar-refractivity contribution is 7.80. The van der Waals surface area contributed by atoms with Gasteiger partial charge in [-0.2, -0.15) is 0 Å². The van der Waals surface area contributed by atoms with Crippen LogP contribution in [0.3, 0.4) is 0 Å². The zero-order chi connectivity index (χ0) is 23.0. The molecule has 1 fully saturated rings. The van der Waals surface area contributed by atoms with Crippen molar-refractivity contribution in [2.75, 3.05) is 19.4 Å². The number of nitrogens with one attached hydrogen (secondary N) is 1. The molecule has 0 bridgehead atoms. The number of benzene rings is 2. The van der Waals surface area contributed by atoms with Gasteiger partial charge >= 0.3 is 0 Å². The molecule has 0 radical (unpaired) electrons. The number of nitrogens with zero attached hydrogens (tertiary/aromatic N) is 3. The molecule has 3 amide bonds. The maximum absolute atomic E-state index is 12.7. The van der Waals surface area contributed by atoms with Crippen LogP contribution in [0.2, 0.25) is 0 Å². The summed E-state index contributed by atoms with van der Waals surface area (Å²) in [6.07, 6.45) is 3.34. The quantitative estimate of drug-likeness (QED) is 0.380. The van der Waals surface area contributed by atoms with Crippen molar-refractivity contribution in [3.05, 3.63) is 71.4 Å². The summed E-state index contributed by atoms with van der Waals surface area (Å²) in [7, 11) is 3.08. The summed E-state index contributed by atoms with van der Waals surface area (Å²) in [6.45, 7) is 2.07. The van der Waals surface area contributed by atoms with Crippen LogP contribution < -0.4 is 5.32 Å². The zero-order valence-electron chi connectivity index (χ0n) is 18.0. The Morgan fingerprint density at radius 2 is 1.62 bits per heavy atom. The minimum Gasteiger partial charge on any atom is -0.337 e. The topological polar surface area (TPSA) is 74.7 Å². The van der Waals surface area contributed by atoms with E-state index in [0.717, 1.165) is 22.2 Å². The van der Waals surface area contributed by atoms with Crippen LogP contribution in [-0.4, -0.2) is 51.3 Å². The lowest BCUT2D eigenvalue weighted by molar-refractivity contribution is -0.132. The van der Waals surface area contributed by atoms with Crippen LogP contribution in [0.1, 0.15) is 11.1 Å². The Balaban J connectivity index is 1.67. The Kier molecular flexibility index (Phi) is 5.63. The number of amides is 3. The summed E-state index contributed by atoms with van der Waals surface area (Å²) in [5.74, 6) is -1.08. The summed E-state index contributed by atoms with van der Waals surface area (Å²) in [5, 5.41) is 3.89. The number of aromatic nitrogens is 1. The molecule has 0 saturated carbocycles. The van der Waals surface area contributed by atoms with Gasteiger partial charge in [-0.1, -0.05) is 35.9 Å². The largest absolute Gasteiger partial charge is 0.337 e. The van der Waals surface area contributed by atoms with Crippen molar-refractivity contribution in [2.45, 2.75) is 13.5 Å². The van der Waals surface area contributed by atoms with E-state index in [4.69, 9.17) is 12.2 Å². The second kappa shape index (κ2) is 8.39. The zero-order valence-corrected chi connectivity index (χ0v) is 18.8. The second-order valence-electron chi connectivity index (χ2n) is 7.71. The third-order valence-corrected chi connectivity index (χ3v) is 5.96. The first-order chi connectivity index (χ1) is 15.3. The number of fused-ring (bicyclic) bond motifs is 1. The van der Waals surface area contributed by atoms with Crippen LogP contribution in [0.5, 0.6) is 0 Å². The number of aryl methyl sites for hydroxylation is 1. The molecule has 0 spiro atoms. The summed E-state index contributed by atoms with van der Waals surface area (Å²) in [5.41, 5.74) is 3.36. The van der Waals surface area contributed by atoms with E-state index in [1.165, 1.54) is 9.80 Å². The van der Waals surface area contributed by atoms with Crippen molar-refractivity contribution in [3.63, 3.8) is 0 Å². The van der Waals surface area contributed by atoms with E-state index in [9.17, 15) is 14.4 Å². The summed E-state index contributed by atoms with van der Waals surface area (Å²) in [6, 6.07) is 15.1. The lowest BCUT2D eigenvalue weighted by atomic mass is 10.1. The van der Waals surface area contributed by atoms with E-state index in [1.807, 2.05) is 55.5 Å².